The zero-order chi connectivity index (χ0) is 26.0. The van der Waals surface area contributed by atoms with E-state index in [-0.39, 0.29) is 17.8 Å². The number of rotatable bonds is 1. The van der Waals surface area contributed by atoms with Crippen molar-refractivity contribution < 1.29 is 0 Å². The van der Waals surface area contributed by atoms with Gasteiger partial charge < -0.3 is 0 Å². The maximum atomic E-state index is 5.48. The number of allylic oxidation sites excluding steroid dienone is 2. The topological polar surface area (TPSA) is 12.4 Å². The quantitative estimate of drug-likeness (QED) is 0.218. The van der Waals surface area contributed by atoms with Crippen molar-refractivity contribution in [2.24, 2.45) is 4.99 Å². The second kappa shape index (κ2) is 7.45. The van der Waals surface area contributed by atoms with Crippen molar-refractivity contribution in [1.29, 1.82) is 0 Å². The van der Waals surface area contributed by atoms with Crippen LogP contribution in [0.3, 0.4) is 0 Å². The van der Waals surface area contributed by atoms with Crippen molar-refractivity contribution in [2.45, 2.75) is 44.9 Å². The lowest BCUT2D eigenvalue weighted by Crippen LogP contribution is -2.31. The van der Waals surface area contributed by atoms with Gasteiger partial charge >= 0.3 is 0 Å². The lowest BCUT2D eigenvalue weighted by molar-refractivity contribution is 0.859. The molecule has 3 aliphatic carbocycles. The molecule has 1 aliphatic heterocycles. The van der Waals surface area contributed by atoms with Gasteiger partial charge in [-0.2, -0.15) is 0 Å². The smallest absolute Gasteiger partial charge is 0.0671 e. The molecule has 0 N–H and O–H groups in total. The molecule has 0 fully saturated rings. The second-order valence-corrected chi connectivity index (χ2v) is 11.9. The van der Waals surface area contributed by atoms with E-state index in [1.165, 1.54) is 77.7 Å². The SMILES string of the molecule is Cc1cc(C)c2c(C)cc3c4c2c1C1C(=Nc2ccccc21)C4C1=C(c2ccccc2C1)C3c1ccccc1. The minimum Gasteiger partial charge on any atom is -0.256 e. The zero-order valence-corrected chi connectivity index (χ0v) is 22.5. The Labute approximate surface area is 229 Å². The van der Waals surface area contributed by atoms with E-state index >= 15 is 0 Å². The number of nitrogens with zero attached hydrogens (tertiary/aromatic N) is 1. The van der Waals surface area contributed by atoms with E-state index < -0.39 is 0 Å². The van der Waals surface area contributed by atoms with Crippen LogP contribution in [-0.4, -0.2) is 5.71 Å². The predicted molar refractivity (Wildman–Crippen MR) is 162 cm³/mol. The summed E-state index contributed by atoms with van der Waals surface area (Å²) < 4.78 is 0. The number of hydrogen-bond acceptors (Lipinski definition) is 1. The van der Waals surface area contributed by atoms with Gasteiger partial charge in [0.25, 0.3) is 0 Å². The summed E-state index contributed by atoms with van der Waals surface area (Å²) >= 11 is 0. The van der Waals surface area contributed by atoms with Gasteiger partial charge in [-0.05, 0) is 111 Å². The number of benzene rings is 5. The van der Waals surface area contributed by atoms with Crippen molar-refractivity contribution in [3.05, 3.63) is 152 Å². The first-order valence-corrected chi connectivity index (χ1v) is 14.2. The van der Waals surface area contributed by atoms with Crippen LogP contribution in [-0.2, 0) is 6.42 Å². The highest BCUT2D eigenvalue weighted by Gasteiger charge is 2.49. The average molecular weight is 500 g/mol. The lowest BCUT2D eigenvalue weighted by Gasteiger charge is -2.41. The average Bonchev–Trinajstić information content (AvgIpc) is 3.52. The number of aryl methyl sites for hydroxylation is 3. The fourth-order valence-corrected chi connectivity index (χ4v) is 8.63. The molecule has 0 radical (unpaired) electrons. The molecule has 1 nitrogen and oxygen atoms in total. The minimum atomic E-state index is 0.219. The van der Waals surface area contributed by atoms with E-state index in [9.17, 15) is 0 Å². The van der Waals surface area contributed by atoms with Crippen molar-refractivity contribution >= 4 is 27.7 Å². The number of fused-ring (bicyclic) bond motifs is 8. The van der Waals surface area contributed by atoms with Gasteiger partial charge in [-0.3, -0.25) is 4.99 Å². The Morgan fingerprint density at radius 3 is 2.23 bits per heavy atom. The Kier molecular flexibility index (Phi) is 4.14. The molecule has 9 rings (SSSR count). The molecule has 3 unspecified atom stereocenters. The fraction of sp³-hybridized carbons (Fsp3) is 0.184. The predicted octanol–water partition coefficient (Wildman–Crippen LogP) is 9.24. The van der Waals surface area contributed by atoms with Gasteiger partial charge in [-0.15, -0.1) is 0 Å². The first kappa shape index (κ1) is 21.7. The van der Waals surface area contributed by atoms with E-state index in [2.05, 4.69) is 112 Å². The van der Waals surface area contributed by atoms with E-state index in [1.54, 1.807) is 5.57 Å². The standard InChI is InChI=1S/C38H29N/c1-20-17-21(2)31-35-26-15-9-10-16-29(26)39-38(35)36-28-19-24-13-7-8-14-25(24)33(28)32(23-11-5-4-6-12-23)27-18-22(3)30(20)37(31)34(27)36/h4-18,32,35-36H,19H2,1-3H3. The Morgan fingerprint density at radius 1 is 0.615 bits per heavy atom. The van der Waals surface area contributed by atoms with Crippen LogP contribution in [0.25, 0.3) is 16.3 Å². The number of aliphatic imine (C=N–C) groups is 1. The van der Waals surface area contributed by atoms with Crippen LogP contribution in [0.2, 0.25) is 0 Å². The normalized spacial score (nSPS) is 21.4. The Hall–Kier alpha value is -4.23. The molecule has 1 heteroatoms. The van der Waals surface area contributed by atoms with Crippen LogP contribution in [0.5, 0.6) is 0 Å². The summed E-state index contributed by atoms with van der Waals surface area (Å²) in [7, 11) is 0. The largest absolute Gasteiger partial charge is 0.256 e. The van der Waals surface area contributed by atoms with Crippen LogP contribution < -0.4 is 0 Å². The molecule has 5 aromatic rings. The molecule has 0 saturated carbocycles. The van der Waals surface area contributed by atoms with Crippen LogP contribution in [0.15, 0.2) is 102 Å². The maximum absolute atomic E-state index is 5.48. The highest BCUT2D eigenvalue weighted by molar-refractivity contribution is 6.17. The molecular formula is C38H29N. The summed E-state index contributed by atoms with van der Waals surface area (Å²) in [6.45, 7) is 6.96. The number of hydrogen-bond donors (Lipinski definition) is 0. The van der Waals surface area contributed by atoms with Gasteiger partial charge in [0.2, 0.25) is 0 Å². The zero-order valence-electron chi connectivity index (χ0n) is 22.5. The molecule has 0 spiro atoms. The lowest BCUT2D eigenvalue weighted by atomic mass is 9.61. The van der Waals surface area contributed by atoms with E-state index in [0.717, 1.165) is 12.1 Å². The minimum absolute atomic E-state index is 0.219. The molecule has 39 heavy (non-hydrogen) atoms. The van der Waals surface area contributed by atoms with E-state index in [1.807, 2.05) is 0 Å². The molecule has 0 aromatic heterocycles. The van der Waals surface area contributed by atoms with Crippen molar-refractivity contribution in [1.82, 2.24) is 0 Å². The van der Waals surface area contributed by atoms with Gasteiger partial charge in [0.05, 0.1) is 11.6 Å². The summed E-state index contributed by atoms with van der Waals surface area (Å²) in [4.78, 5) is 5.48. The summed E-state index contributed by atoms with van der Waals surface area (Å²) in [5.41, 5.74) is 19.9. The van der Waals surface area contributed by atoms with Crippen LogP contribution in [0.1, 0.15) is 73.4 Å². The van der Waals surface area contributed by atoms with Gasteiger partial charge in [-0.1, -0.05) is 84.9 Å². The van der Waals surface area contributed by atoms with Gasteiger partial charge in [0.1, 0.15) is 0 Å². The molecule has 186 valence electrons. The van der Waals surface area contributed by atoms with Crippen LogP contribution in [0, 0.1) is 20.8 Å². The van der Waals surface area contributed by atoms with Gasteiger partial charge in [0, 0.05) is 17.5 Å². The first-order chi connectivity index (χ1) is 19.1. The van der Waals surface area contributed by atoms with Crippen molar-refractivity contribution in [3.8, 4) is 0 Å². The molecule has 0 bridgehead atoms. The molecular weight excluding hydrogens is 470 g/mol. The fourth-order valence-electron chi connectivity index (χ4n) is 8.63. The summed E-state index contributed by atoms with van der Waals surface area (Å²) in [6, 6.07) is 34.2. The third-order valence-corrected chi connectivity index (χ3v) is 9.90. The van der Waals surface area contributed by atoms with Gasteiger partial charge in [-0.25, -0.2) is 0 Å². The second-order valence-electron chi connectivity index (χ2n) is 11.9. The third-order valence-electron chi connectivity index (χ3n) is 9.90. The number of para-hydroxylation sites is 1. The highest BCUT2D eigenvalue weighted by atomic mass is 14.8. The van der Waals surface area contributed by atoms with Crippen molar-refractivity contribution in [3.63, 3.8) is 0 Å². The Balaban J connectivity index is 1.49. The monoisotopic (exact) mass is 499 g/mol. The highest BCUT2D eigenvalue weighted by Crippen LogP contribution is 2.62. The Morgan fingerprint density at radius 2 is 1.36 bits per heavy atom. The van der Waals surface area contributed by atoms with Crippen LogP contribution in [0.4, 0.5) is 5.69 Å². The van der Waals surface area contributed by atoms with Gasteiger partial charge in [0.15, 0.2) is 0 Å². The van der Waals surface area contributed by atoms with E-state index in [0.29, 0.717) is 0 Å². The maximum Gasteiger partial charge on any atom is 0.0671 e. The summed E-state index contributed by atoms with van der Waals surface area (Å²) in [5, 5.41) is 2.96. The summed E-state index contributed by atoms with van der Waals surface area (Å²) in [6.07, 6.45) is 1.01. The molecule has 5 aromatic carbocycles. The van der Waals surface area contributed by atoms with E-state index in [4.69, 9.17) is 4.99 Å². The van der Waals surface area contributed by atoms with Crippen LogP contribution >= 0.6 is 0 Å². The summed E-state index contributed by atoms with van der Waals surface area (Å²) in [5.74, 6) is 0.674. The molecule has 3 atom stereocenters. The molecule has 4 aliphatic rings. The molecule has 0 saturated heterocycles. The third kappa shape index (κ3) is 2.63. The molecule has 1 heterocycles. The van der Waals surface area contributed by atoms with Crippen molar-refractivity contribution in [2.75, 3.05) is 0 Å². The first-order valence-electron chi connectivity index (χ1n) is 14.2. The molecule has 0 amide bonds. The Bertz CT molecular complexity index is 1970.